The second kappa shape index (κ2) is 6.48. The molecule has 1 saturated carbocycles. The van der Waals surface area contributed by atoms with Gasteiger partial charge in [-0.3, -0.25) is 9.48 Å². The van der Waals surface area contributed by atoms with Crippen LogP contribution >= 0.6 is 0 Å². The SMILES string of the molecule is N#C[C@H]1CCCC1n1cc(C(N)=O)c(Nc2ccc3c(c2)COB3O)n1. The Balaban J connectivity index is 1.64. The number of benzene rings is 1. The average molecular weight is 351 g/mol. The minimum atomic E-state index is -0.898. The van der Waals surface area contributed by atoms with Crippen molar-refractivity contribution in [1.82, 2.24) is 9.78 Å². The molecule has 0 bridgehead atoms. The third-order valence-electron chi connectivity index (χ3n) is 5.05. The van der Waals surface area contributed by atoms with E-state index in [0.29, 0.717) is 12.4 Å². The van der Waals surface area contributed by atoms with Crippen LogP contribution in [0.3, 0.4) is 0 Å². The summed E-state index contributed by atoms with van der Waals surface area (Å²) in [4.78, 5) is 11.8. The molecule has 1 aliphatic heterocycles. The predicted molar refractivity (Wildman–Crippen MR) is 94.9 cm³/mol. The van der Waals surface area contributed by atoms with Gasteiger partial charge in [0, 0.05) is 11.9 Å². The summed E-state index contributed by atoms with van der Waals surface area (Å²) in [5.41, 5.74) is 8.12. The van der Waals surface area contributed by atoms with E-state index in [1.54, 1.807) is 23.0 Å². The van der Waals surface area contributed by atoms with Crippen LogP contribution in [0.2, 0.25) is 0 Å². The highest BCUT2D eigenvalue weighted by molar-refractivity contribution is 6.61. The van der Waals surface area contributed by atoms with Crippen LogP contribution in [0, 0.1) is 17.2 Å². The van der Waals surface area contributed by atoms with E-state index in [1.165, 1.54) is 0 Å². The highest BCUT2D eigenvalue weighted by atomic mass is 16.5. The van der Waals surface area contributed by atoms with E-state index < -0.39 is 13.0 Å². The standard InChI is InChI=1S/C17H18BN5O3/c19-7-10-2-1-3-15(10)23-8-13(16(20)24)17(22-23)21-12-4-5-14-11(6-12)9-26-18(14)25/h4-6,8,10,15,25H,1-3,9H2,(H2,20,24)(H,21,22)/t10-,15?/m1/s1. The van der Waals surface area contributed by atoms with E-state index in [2.05, 4.69) is 16.5 Å². The first-order valence-electron chi connectivity index (χ1n) is 8.55. The molecule has 0 radical (unpaired) electrons. The van der Waals surface area contributed by atoms with Crippen molar-refractivity contribution in [2.45, 2.75) is 31.9 Å². The fraction of sp³-hybridized carbons (Fsp3) is 0.353. The number of aromatic nitrogens is 2. The van der Waals surface area contributed by atoms with Gasteiger partial charge in [0.25, 0.3) is 5.91 Å². The van der Waals surface area contributed by atoms with Crippen molar-refractivity contribution in [2.75, 3.05) is 5.32 Å². The summed E-state index contributed by atoms with van der Waals surface area (Å²) in [6.07, 6.45) is 4.27. The van der Waals surface area contributed by atoms with Gasteiger partial charge in [-0.1, -0.05) is 6.07 Å². The predicted octanol–water partition coefficient (Wildman–Crippen LogP) is 0.808. The van der Waals surface area contributed by atoms with E-state index in [1.807, 2.05) is 6.07 Å². The molecule has 9 heteroatoms. The van der Waals surface area contributed by atoms with Crippen molar-refractivity contribution in [3.8, 4) is 6.07 Å². The van der Waals surface area contributed by atoms with Gasteiger partial charge in [-0.15, -0.1) is 0 Å². The summed E-state index contributed by atoms with van der Waals surface area (Å²) in [5.74, 6) is -0.326. The summed E-state index contributed by atoms with van der Waals surface area (Å²) < 4.78 is 6.87. The monoisotopic (exact) mass is 351 g/mol. The third kappa shape index (κ3) is 2.83. The molecule has 26 heavy (non-hydrogen) atoms. The molecule has 4 rings (SSSR count). The van der Waals surface area contributed by atoms with Crippen molar-refractivity contribution in [3.63, 3.8) is 0 Å². The molecule has 132 valence electrons. The molecule has 2 heterocycles. The number of nitrogens with one attached hydrogen (secondary N) is 1. The Bertz CT molecular complexity index is 906. The Morgan fingerprint density at radius 2 is 2.35 bits per heavy atom. The second-order valence-corrected chi connectivity index (χ2v) is 6.67. The van der Waals surface area contributed by atoms with E-state index in [9.17, 15) is 15.1 Å². The minimum absolute atomic E-state index is 0.0442. The highest BCUT2D eigenvalue weighted by Crippen LogP contribution is 2.36. The maximum absolute atomic E-state index is 11.8. The van der Waals surface area contributed by atoms with Crippen LogP contribution in [-0.2, 0) is 11.3 Å². The number of carbonyl (C=O) groups is 1. The van der Waals surface area contributed by atoms with Crippen LogP contribution in [-0.4, -0.2) is 27.8 Å². The van der Waals surface area contributed by atoms with Crippen LogP contribution in [0.1, 0.15) is 41.2 Å². The Kier molecular flexibility index (Phi) is 4.14. The highest BCUT2D eigenvalue weighted by Gasteiger charge is 2.31. The van der Waals surface area contributed by atoms with Crippen LogP contribution in [0.4, 0.5) is 11.5 Å². The fourth-order valence-corrected chi connectivity index (χ4v) is 3.69. The first-order chi connectivity index (χ1) is 12.6. The van der Waals surface area contributed by atoms with Crippen molar-refractivity contribution in [2.24, 2.45) is 11.7 Å². The molecule has 2 aliphatic rings. The van der Waals surface area contributed by atoms with Crippen LogP contribution in [0.25, 0.3) is 0 Å². The zero-order chi connectivity index (χ0) is 18.3. The zero-order valence-electron chi connectivity index (χ0n) is 14.1. The number of hydrogen-bond donors (Lipinski definition) is 3. The molecule has 1 aromatic carbocycles. The fourth-order valence-electron chi connectivity index (χ4n) is 3.69. The molecule has 1 unspecified atom stereocenters. The molecule has 2 atom stereocenters. The molecule has 8 nitrogen and oxygen atoms in total. The van der Waals surface area contributed by atoms with Gasteiger partial charge in [0.1, 0.15) is 5.56 Å². The largest absolute Gasteiger partial charge is 0.491 e. The number of nitrogens with two attached hydrogens (primary N) is 1. The maximum Gasteiger partial charge on any atom is 0.491 e. The minimum Gasteiger partial charge on any atom is -0.423 e. The Labute approximate surface area is 150 Å². The lowest BCUT2D eigenvalue weighted by molar-refractivity contribution is 0.100. The molecule has 1 fully saturated rings. The molecule has 2 aromatic rings. The molecule has 4 N–H and O–H groups in total. The number of nitriles is 1. The smallest absolute Gasteiger partial charge is 0.423 e. The molecule has 1 aromatic heterocycles. The van der Waals surface area contributed by atoms with Gasteiger partial charge >= 0.3 is 7.12 Å². The zero-order valence-corrected chi connectivity index (χ0v) is 14.1. The summed E-state index contributed by atoms with van der Waals surface area (Å²) in [7, 11) is -0.898. The number of fused-ring (bicyclic) bond motifs is 1. The first kappa shape index (κ1) is 16.6. The lowest BCUT2D eigenvalue weighted by Gasteiger charge is -2.13. The molecular weight excluding hydrogens is 333 g/mol. The molecule has 0 saturated heterocycles. The van der Waals surface area contributed by atoms with Gasteiger partial charge in [0.05, 0.1) is 24.6 Å². The summed E-state index contributed by atoms with van der Waals surface area (Å²) in [6, 6.07) is 7.69. The molecule has 1 amide bonds. The molecule has 0 spiro atoms. The van der Waals surface area contributed by atoms with E-state index in [4.69, 9.17) is 10.4 Å². The lowest BCUT2D eigenvalue weighted by atomic mass is 9.79. The number of hydrogen-bond acceptors (Lipinski definition) is 6. The van der Waals surface area contributed by atoms with Crippen molar-refractivity contribution >= 4 is 30.0 Å². The number of rotatable bonds is 4. The summed E-state index contributed by atoms with van der Waals surface area (Å²) in [6.45, 7) is 0.328. The van der Waals surface area contributed by atoms with E-state index in [-0.39, 0.29) is 17.5 Å². The quantitative estimate of drug-likeness (QED) is 0.700. The number of amides is 1. The summed E-state index contributed by atoms with van der Waals surface area (Å²) in [5, 5.41) is 26.6. The Morgan fingerprint density at radius 3 is 3.12 bits per heavy atom. The van der Waals surface area contributed by atoms with Gasteiger partial charge in [-0.2, -0.15) is 10.4 Å². The Hall–Kier alpha value is -2.83. The van der Waals surface area contributed by atoms with Crippen molar-refractivity contribution < 1.29 is 14.5 Å². The lowest BCUT2D eigenvalue weighted by Crippen LogP contribution is -2.27. The number of primary amides is 1. The molecule has 1 aliphatic carbocycles. The third-order valence-corrected chi connectivity index (χ3v) is 5.05. The number of carbonyl (C=O) groups excluding carboxylic acids is 1. The molecular formula is C17H18BN5O3. The van der Waals surface area contributed by atoms with Crippen molar-refractivity contribution in [3.05, 3.63) is 35.5 Å². The van der Waals surface area contributed by atoms with Crippen molar-refractivity contribution in [1.29, 1.82) is 5.26 Å². The number of anilines is 2. The maximum atomic E-state index is 11.8. The Morgan fingerprint density at radius 1 is 1.50 bits per heavy atom. The van der Waals surface area contributed by atoms with Crippen LogP contribution < -0.4 is 16.5 Å². The van der Waals surface area contributed by atoms with E-state index in [0.717, 1.165) is 36.0 Å². The summed E-state index contributed by atoms with van der Waals surface area (Å²) >= 11 is 0. The number of nitrogens with zero attached hydrogens (tertiary/aromatic N) is 3. The normalized spacial score (nSPS) is 21.5. The van der Waals surface area contributed by atoms with Gasteiger partial charge < -0.3 is 20.7 Å². The van der Waals surface area contributed by atoms with Gasteiger partial charge in [-0.25, -0.2) is 0 Å². The van der Waals surface area contributed by atoms with Gasteiger partial charge in [0.2, 0.25) is 0 Å². The first-order valence-corrected chi connectivity index (χ1v) is 8.55. The van der Waals surface area contributed by atoms with E-state index >= 15 is 0 Å². The topological polar surface area (TPSA) is 126 Å². The second-order valence-electron chi connectivity index (χ2n) is 6.67. The average Bonchev–Trinajstić information content (AvgIpc) is 3.33. The van der Waals surface area contributed by atoms with Crippen LogP contribution in [0.15, 0.2) is 24.4 Å². The van der Waals surface area contributed by atoms with Gasteiger partial charge in [0.15, 0.2) is 5.82 Å². The van der Waals surface area contributed by atoms with Gasteiger partial charge in [-0.05, 0) is 42.4 Å². The van der Waals surface area contributed by atoms with Crippen LogP contribution in [0.5, 0.6) is 0 Å².